The highest BCUT2D eigenvalue weighted by molar-refractivity contribution is 8.22. The molecule has 34 valence electrons. The molecule has 1 heterocycles. The fraction of sp³-hybridized carbons (Fsp3) is 0.500. The van der Waals surface area contributed by atoms with Crippen molar-refractivity contribution >= 4 is 23.5 Å². The largest absolute Gasteiger partial charge is 0.122 e. The van der Waals surface area contributed by atoms with E-state index < -0.39 is 0 Å². The van der Waals surface area contributed by atoms with Gasteiger partial charge in [-0.2, -0.15) is 0 Å². The van der Waals surface area contributed by atoms with E-state index in [1.807, 2.05) is 23.5 Å². The molecule has 0 radical (unpaired) electrons. The maximum atomic E-state index is 2.20. The molecule has 0 aromatic rings. The normalized spacial score (nSPS) is 21.2. The summed E-state index contributed by atoms with van der Waals surface area (Å²) in [4.78, 5) is 1.46. The summed E-state index contributed by atoms with van der Waals surface area (Å²) in [5.41, 5.74) is 0. The molecule has 6 heavy (non-hydrogen) atoms. The van der Waals surface area contributed by atoms with Crippen LogP contribution >= 0.6 is 23.5 Å². The first kappa shape index (κ1) is 4.60. The predicted molar refractivity (Wildman–Crippen MR) is 33.8 cm³/mol. The van der Waals surface area contributed by atoms with Crippen LogP contribution in [-0.2, 0) is 0 Å². The van der Waals surface area contributed by atoms with Crippen LogP contribution in [0.15, 0.2) is 10.3 Å². The minimum absolute atomic E-state index is 1.23. The Morgan fingerprint density at radius 3 is 2.83 bits per heavy atom. The van der Waals surface area contributed by atoms with Gasteiger partial charge in [-0.15, -0.1) is 23.5 Å². The van der Waals surface area contributed by atoms with Crippen molar-refractivity contribution in [2.75, 3.05) is 5.08 Å². The van der Waals surface area contributed by atoms with Crippen molar-refractivity contribution in [3.05, 3.63) is 10.3 Å². The average Bonchev–Trinajstić information content (AvgIpc) is 1.86. The Morgan fingerprint density at radius 2 is 2.67 bits per heavy atom. The third-order valence-electron chi connectivity index (χ3n) is 0.604. The smallest absolute Gasteiger partial charge is 0.0477 e. The molecule has 0 bridgehead atoms. The minimum atomic E-state index is 1.23. The first-order valence-corrected chi connectivity index (χ1v) is 3.84. The number of hydrogen-bond donors (Lipinski definition) is 0. The summed E-state index contributed by atoms with van der Waals surface area (Å²) >= 11 is 3.80. The Hall–Kier alpha value is 0.440. The number of thioether (sulfide) groups is 2. The summed E-state index contributed by atoms with van der Waals surface area (Å²) in [5, 5.41) is 3.43. The first-order chi connectivity index (χ1) is 2.89. The van der Waals surface area contributed by atoms with Crippen LogP contribution in [-0.4, -0.2) is 5.08 Å². The van der Waals surface area contributed by atoms with Gasteiger partial charge in [0, 0.05) is 5.08 Å². The molecule has 0 unspecified atom stereocenters. The van der Waals surface area contributed by atoms with E-state index in [1.54, 1.807) is 0 Å². The summed E-state index contributed by atoms with van der Waals surface area (Å²) in [7, 11) is 0. The molecule has 0 fully saturated rings. The number of rotatable bonds is 0. The summed E-state index contributed by atoms with van der Waals surface area (Å²) in [6.45, 7) is 2.14. The molecular formula is C4H6S2. The lowest BCUT2D eigenvalue weighted by Crippen LogP contribution is -1.51. The molecule has 0 saturated heterocycles. The summed E-state index contributed by atoms with van der Waals surface area (Å²) in [6, 6.07) is 0. The molecule has 0 aromatic carbocycles. The summed E-state index contributed by atoms with van der Waals surface area (Å²) in [5.74, 6) is 0. The highest BCUT2D eigenvalue weighted by Gasteiger charge is 1.96. The van der Waals surface area contributed by atoms with E-state index in [0.29, 0.717) is 0 Å². The van der Waals surface area contributed by atoms with E-state index in [-0.39, 0.29) is 0 Å². The van der Waals surface area contributed by atoms with Gasteiger partial charge in [0.05, 0.1) is 0 Å². The zero-order valence-electron chi connectivity index (χ0n) is 3.60. The van der Waals surface area contributed by atoms with Crippen LogP contribution in [0.3, 0.4) is 0 Å². The summed E-state index contributed by atoms with van der Waals surface area (Å²) < 4.78 is 0. The van der Waals surface area contributed by atoms with Crippen LogP contribution in [0.2, 0.25) is 0 Å². The fourth-order valence-electron chi connectivity index (χ4n) is 0.312. The van der Waals surface area contributed by atoms with Crippen molar-refractivity contribution in [3.63, 3.8) is 0 Å². The van der Waals surface area contributed by atoms with Crippen molar-refractivity contribution in [1.29, 1.82) is 0 Å². The Kier molecular flexibility index (Phi) is 1.48. The minimum Gasteiger partial charge on any atom is -0.122 e. The molecule has 0 amide bonds. The average molecular weight is 118 g/mol. The van der Waals surface area contributed by atoms with Crippen LogP contribution in [0, 0.1) is 0 Å². The second-order valence-corrected chi connectivity index (χ2v) is 3.60. The molecule has 1 rings (SSSR count). The quantitative estimate of drug-likeness (QED) is 0.478. The second-order valence-electron chi connectivity index (χ2n) is 1.16. The monoisotopic (exact) mass is 118 g/mol. The number of hydrogen-bond acceptors (Lipinski definition) is 2. The zero-order valence-corrected chi connectivity index (χ0v) is 5.23. The van der Waals surface area contributed by atoms with Crippen molar-refractivity contribution < 1.29 is 0 Å². The maximum Gasteiger partial charge on any atom is 0.0477 e. The zero-order chi connectivity index (χ0) is 4.41. The van der Waals surface area contributed by atoms with Crippen LogP contribution in [0.1, 0.15) is 6.92 Å². The van der Waals surface area contributed by atoms with E-state index >= 15 is 0 Å². The topological polar surface area (TPSA) is 0 Å². The lowest BCUT2D eigenvalue weighted by molar-refractivity contribution is 1.73. The molecule has 2 heteroatoms. The highest BCUT2D eigenvalue weighted by atomic mass is 32.2. The third-order valence-corrected chi connectivity index (χ3v) is 2.86. The Bertz CT molecular complexity index is 75.6. The van der Waals surface area contributed by atoms with Gasteiger partial charge in [0.1, 0.15) is 0 Å². The van der Waals surface area contributed by atoms with Crippen LogP contribution in [0.25, 0.3) is 0 Å². The van der Waals surface area contributed by atoms with Crippen LogP contribution < -0.4 is 0 Å². The lowest BCUT2D eigenvalue weighted by atomic mass is 10.8. The Balaban J connectivity index is 2.45. The molecular weight excluding hydrogens is 112 g/mol. The van der Waals surface area contributed by atoms with Gasteiger partial charge in [0.25, 0.3) is 0 Å². The Morgan fingerprint density at radius 1 is 1.83 bits per heavy atom. The molecule has 0 saturated carbocycles. The van der Waals surface area contributed by atoms with Gasteiger partial charge in [0.15, 0.2) is 0 Å². The maximum absolute atomic E-state index is 2.20. The third kappa shape index (κ3) is 0.949. The van der Waals surface area contributed by atoms with Gasteiger partial charge in [-0.25, -0.2) is 0 Å². The summed E-state index contributed by atoms with van der Waals surface area (Å²) in [6.07, 6.45) is 0. The van der Waals surface area contributed by atoms with E-state index in [2.05, 4.69) is 12.3 Å². The molecule has 0 aliphatic carbocycles. The van der Waals surface area contributed by atoms with Gasteiger partial charge < -0.3 is 0 Å². The van der Waals surface area contributed by atoms with Crippen molar-refractivity contribution in [2.45, 2.75) is 6.92 Å². The molecule has 1 aliphatic heterocycles. The molecule has 0 N–H and O–H groups in total. The van der Waals surface area contributed by atoms with Crippen LogP contribution in [0.5, 0.6) is 0 Å². The van der Waals surface area contributed by atoms with E-state index in [9.17, 15) is 0 Å². The molecule has 0 spiro atoms. The second kappa shape index (κ2) is 1.94. The molecule has 1 aliphatic rings. The predicted octanol–water partition coefficient (Wildman–Crippen LogP) is 2.29. The Labute approximate surface area is 46.4 Å². The van der Waals surface area contributed by atoms with Gasteiger partial charge >= 0.3 is 0 Å². The van der Waals surface area contributed by atoms with Gasteiger partial charge in [-0.3, -0.25) is 0 Å². The van der Waals surface area contributed by atoms with E-state index in [1.165, 1.54) is 9.99 Å². The number of allylic oxidation sites excluding steroid dienone is 1. The standard InChI is InChI=1S/C4H6S2/c1-4-2-5-3-6-4/h2H,3H2,1H3. The van der Waals surface area contributed by atoms with E-state index in [4.69, 9.17) is 0 Å². The van der Waals surface area contributed by atoms with Crippen molar-refractivity contribution in [2.24, 2.45) is 0 Å². The van der Waals surface area contributed by atoms with Gasteiger partial charge in [-0.1, -0.05) is 0 Å². The molecule has 0 aromatic heterocycles. The fourth-order valence-corrected chi connectivity index (χ4v) is 2.31. The van der Waals surface area contributed by atoms with Crippen molar-refractivity contribution in [1.82, 2.24) is 0 Å². The SMILES string of the molecule is CC1=CSCS1. The van der Waals surface area contributed by atoms with Gasteiger partial charge in [-0.05, 0) is 17.2 Å². The van der Waals surface area contributed by atoms with Crippen molar-refractivity contribution in [3.8, 4) is 0 Å². The molecule has 0 nitrogen and oxygen atoms in total. The highest BCUT2D eigenvalue weighted by Crippen LogP contribution is 2.30. The first-order valence-electron chi connectivity index (χ1n) is 1.81. The lowest BCUT2D eigenvalue weighted by Gasteiger charge is -1.78. The van der Waals surface area contributed by atoms with E-state index in [0.717, 1.165) is 0 Å². The van der Waals surface area contributed by atoms with Crippen LogP contribution in [0.4, 0.5) is 0 Å². The molecule has 0 atom stereocenters. The van der Waals surface area contributed by atoms with Gasteiger partial charge in [0.2, 0.25) is 0 Å².